The molecular weight excluding hydrogens is 316 g/mol. The van der Waals surface area contributed by atoms with E-state index in [2.05, 4.69) is 4.98 Å². The second-order valence-electron chi connectivity index (χ2n) is 5.30. The molecule has 1 atom stereocenters. The Bertz CT molecular complexity index is 743. The fourth-order valence-corrected chi connectivity index (χ4v) is 3.34. The first-order valence-electron chi connectivity index (χ1n) is 7.21. The minimum atomic E-state index is -1.05. The number of ether oxygens (including phenoxy) is 1. The lowest BCUT2D eigenvalue weighted by molar-refractivity contribution is -0.154. The quantitative estimate of drug-likeness (QED) is 0.930. The zero-order valence-corrected chi connectivity index (χ0v) is 13.4. The summed E-state index contributed by atoms with van der Waals surface area (Å²) < 4.78 is 5.13. The molecule has 1 aromatic heterocycles. The van der Waals surface area contributed by atoms with Crippen molar-refractivity contribution in [1.82, 2.24) is 9.88 Å². The van der Waals surface area contributed by atoms with Gasteiger partial charge in [0.1, 0.15) is 10.7 Å². The molecule has 1 aliphatic rings. The molecule has 0 radical (unpaired) electrons. The van der Waals surface area contributed by atoms with E-state index in [9.17, 15) is 9.59 Å². The van der Waals surface area contributed by atoms with Gasteiger partial charge in [-0.1, -0.05) is 24.3 Å². The van der Waals surface area contributed by atoms with Gasteiger partial charge < -0.3 is 14.7 Å². The number of hydrogen-bond acceptors (Lipinski definition) is 5. The van der Waals surface area contributed by atoms with E-state index in [1.807, 2.05) is 31.2 Å². The number of amides is 1. The molecule has 120 valence electrons. The summed E-state index contributed by atoms with van der Waals surface area (Å²) in [4.78, 5) is 29.4. The number of carbonyl (C=O) groups is 2. The normalized spacial score (nSPS) is 18.0. The predicted octanol–water partition coefficient (Wildman–Crippen LogP) is 2.04. The van der Waals surface area contributed by atoms with Crippen LogP contribution in [0, 0.1) is 6.92 Å². The van der Waals surface area contributed by atoms with Crippen molar-refractivity contribution in [3.63, 3.8) is 0 Å². The molecule has 23 heavy (non-hydrogen) atoms. The molecule has 0 unspecified atom stereocenters. The van der Waals surface area contributed by atoms with Gasteiger partial charge in [-0.2, -0.15) is 0 Å². The van der Waals surface area contributed by atoms with E-state index < -0.39 is 12.1 Å². The molecule has 6 nitrogen and oxygen atoms in total. The van der Waals surface area contributed by atoms with Gasteiger partial charge in [0.2, 0.25) is 0 Å². The van der Waals surface area contributed by atoms with Gasteiger partial charge in [-0.05, 0) is 12.5 Å². The number of aliphatic carboxylic acids is 1. The Balaban J connectivity index is 1.79. The molecule has 7 heteroatoms. The highest BCUT2D eigenvalue weighted by atomic mass is 32.1. The van der Waals surface area contributed by atoms with Gasteiger partial charge in [-0.3, -0.25) is 4.79 Å². The molecule has 3 rings (SSSR count). The van der Waals surface area contributed by atoms with Crippen LogP contribution in [0.15, 0.2) is 29.6 Å². The van der Waals surface area contributed by atoms with E-state index in [0.717, 1.165) is 16.1 Å². The van der Waals surface area contributed by atoms with Crippen molar-refractivity contribution < 1.29 is 19.4 Å². The summed E-state index contributed by atoms with van der Waals surface area (Å²) in [7, 11) is 0. The lowest BCUT2D eigenvalue weighted by atomic mass is 10.1. The number of nitrogens with zero attached hydrogens (tertiary/aromatic N) is 2. The standard InChI is InChI=1S/C16H16N2O4S/c1-10-4-2-3-5-11(10)14-17-12(9-23-14)15(19)18-6-7-22-13(8-18)16(20)21/h2-5,9,13H,6-8H2,1H3,(H,20,21)/t13-/m1/s1. The van der Waals surface area contributed by atoms with Crippen molar-refractivity contribution in [3.05, 3.63) is 40.9 Å². The van der Waals surface area contributed by atoms with E-state index in [1.54, 1.807) is 5.38 Å². The van der Waals surface area contributed by atoms with Crippen LogP contribution in [-0.4, -0.2) is 52.7 Å². The number of thiazole rings is 1. The molecule has 1 amide bonds. The third-order valence-corrected chi connectivity index (χ3v) is 4.60. The first-order valence-corrected chi connectivity index (χ1v) is 8.09. The van der Waals surface area contributed by atoms with Gasteiger partial charge in [-0.25, -0.2) is 9.78 Å². The van der Waals surface area contributed by atoms with Crippen molar-refractivity contribution in [2.45, 2.75) is 13.0 Å². The topological polar surface area (TPSA) is 79.7 Å². The van der Waals surface area contributed by atoms with E-state index in [4.69, 9.17) is 9.84 Å². The lowest BCUT2D eigenvalue weighted by Gasteiger charge is -2.30. The molecular formula is C16H16N2O4S. The average molecular weight is 332 g/mol. The van der Waals surface area contributed by atoms with Crippen LogP contribution in [0.5, 0.6) is 0 Å². The largest absolute Gasteiger partial charge is 0.479 e. The predicted molar refractivity (Wildman–Crippen MR) is 85.6 cm³/mol. The highest BCUT2D eigenvalue weighted by Crippen LogP contribution is 2.27. The lowest BCUT2D eigenvalue weighted by Crippen LogP contribution is -2.48. The Hall–Kier alpha value is -2.25. The summed E-state index contributed by atoms with van der Waals surface area (Å²) in [6.07, 6.45) is -0.970. The van der Waals surface area contributed by atoms with Gasteiger partial charge in [0.15, 0.2) is 6.10 Å². The third-order valence-electron chi connectivity index (χ3n) is 3.73. The first-order chi connectivity index (χ1) is 11.1. The maximum Gasteiger partial charge on any atom is 0.334 e. The van der Waals surface area contributed by atoms with E-state index in [0.29, 0.717) is 12.2 Å². The second-order valence-corrected chi connectivity index (χ2v) is 6.16. The van der Waals surface area contributed by atoms with E-state index in [1.165, 1.54) is 16.2 Å². The summed E-state index contributed by atoms with van der Waals surface area (Å²) in [5, 5.41) is 11.5. The third kappa shape index (κ3) is 3.25. The van der Waals surface area contributed by atoms with Crippen LogP contribution in [0.1, 0.15) is 16.1 Å². The smallest absolute Gasteiger partial charge is 0.334 e. The number of aromatic nitrogens is 1. The number of rotatable bonds is 3. The Kier molecular flexibility index (Phi) is 4.40. The van der Waals surface area contributed by atoms with Crippen molar-refractivity contribution in [2.75, 3.05) is 19.7 Å². The maximum absolute atomic E-state index is 12.5. The zero-order valence-electron chi connectivity index (χ0n) is 12.6. The molecule has 1 fully saturated rings. The Morgan fingerprint density at radius 1 is 1.39 bits per heavy atom. The van der Waals surface area contributed by atoms with Gasteiger partial charge in [-0.15, -0.1) is 11.3 Å². The van der Waals surface area contributed by atoms with Crippen molar-refractivity contribution in [2.24, 2.45) is 0 Å². The molecule has 2 heterocycles. The summed E-state index contributed by atoms with van der Waals surface area (Å²) in [6.45, 7) is 2.64. The van der Waals surface area contributed by atoms with E-state index in [-0.39, 0.29) is 19.1 Å². The maximum atomic E-state index is 12.5. The zero-order chi connectivity index (χ0) is 16.4. The van der Waals surface area contributed by atoms with Crippen LogP contribution in [0.3, 0.4) is 0 Å². The molecule has 1 N–H and O–H groups in total. The van der Waals surface area contributed by atoms with Crippen LogP contribution in [0.2, 0.25) is 0 Å². The Labute approximate surface area is 137 Å². The fourth-order valence-electron chi connectivity index (χ4n) is 2.45. The summed E-state index contributed by atoms with van der Waals surface area (Å²) >= 11 is 1.41. The summed E-state index contributed by atoms with van der Waals surface area (Å²) in [5.41, 5.74) is 2.44. The van der Waals surface area contributed by atoms with Gasteiger partial charge in [0.25, 0.3) is 5.91 Å². The molecule has 0 bridgehead atoms. The van der Waals surface area contributed by atoms with Gasteiger partial charge in [0, 0.05) is 17.5 Å². The molecule has 0 spiro atoms. The highest BCUT2D eigenvalue weighted by Gasteiger charge is 2.30. The van der Waals surface area contributed by atoms with Crippen LogP contribution in [0.4, 0.5) is 0 Å². The number of benzene rings is 1. The number of carbonyl (C=O) groups excluding carboxylic acids is 1. The SMILES string of the molecule is Cc1ccccc1-c1nc(C(=O)N2CCO[C@@H](C(=O)O)C2)cs1. The number of carboxylic acids is 1. The average Bonchev–Trinajstić information content (AvgIpc) is 3.04. The molecule has 2 aromatic rings. The summed E-state index contributed by atoms with van der Waals surface area (Å²) in [6, 6.07) is 7.86. The first kappa shape index (κ1) is 15.6. The fraction of sp³-hybridized carbons (Fsp3) is 0.312. The van der Waals surface area contributed by atoms with Crippen LogP contribution in [-0.2, 0) is 9.53 Å². The number of aryl methyl sites for hydroxylation is 1. The van der Waals surface area contributed by atoms with Crippen LogP contribution >= 0.6 is 11.3 Å². The number of hydrogen-bond donors (Lipinski definition) is 1. The minimum Gasteiger partial charge on any atom is -0.479 e. The monoisotopic (exact) mass is 332 g/mol. The van der Waals surface area contributed by atoms with Crippen molar-refractivity contribution >= 4 is 23.2 Å². The van der Waals surface area contributed by atoms with Crippen molar-refractivity contribution in [1.29, 1.82) is 0 Å². The Morgan fingerprint density at radius 2 is 2.17 bits per heavy atom. The molecule has 1 aromatic carbocycles. The summed E-state index contributed by atoms with van der Waals surface area (Å²) in [5.74, 6) is -1.31. The molecule has 0 saturated carbocycles. The van der Waals surface area contributed by atoms with Crippen LogP contribution in [0.25, 0.3) is 10.6 Å². The van der Waals surface area contributed by atoms with Gasteiger partial charge >= 0.3 is 5.97 Å². The second kappa shape index (κ2) is 6.47. The minimum absolute atomic E-state index is 0.0470. The highest BCUT2D eigenvalue weighted by molar-refractivity contribution is 7.13. The van der Waals surface area contributed by atoms with E-state index >= 15 is 0 Å². The number of morpholine rings is 1. The molecule has 1 saturated heterocycles. The molecule has 1 aliphatic heterocycles. The van der Waals surface area contributed by atoms with Crippen LogP contribution < -0.4 is 0 Å². The molecule has 0 aliphatic carbocycles. The Morgan fingerprint density at radius 3 is 2.91 bits per heavy atom. The van der Waals surface area contributed by atoms with Crippen molar-refractivity contribution in [3.8, 4) is 10.6 Å². The van der Waals surface area contributed by atoms with Gasteiger partial charge in [0.05, 0.1) is 13.2 Å². The number of carboxylic acid groups (broad SMARTS) is 1.